The molecule has 2 aromatic rings. The number of hydrogen-bond donors (Lipinski definition) is 2. The molecule has 2 aromatic carbocycles. The molecule has 8 heteroatoms. The van der Waals surface area contributed by atoms with Crippen LogP contribution in [0.15, 0.2) is 42.5 Å². The number of aryl methyl sites for hydroxylation is 1. The summed E-state index contributed by atoms with van der Waals surface area (Å²) in [7, 11) is 0. The molecule has 0 saturated heterocycles. The van der Waals surface area contributed by atoms with Gasteiger partial charge in [0.2, 0.25) is 0 Å². The zero-order valence-corrected chi connectivity index (χ0v) is 16.7. The number of hydroxylamine groups is 2. The van der Waals surface area contributed by atoms with Crippen LogP contribution in [-0.2, 0) is 12.8 Å². The first kappa shape index (κ1) is 21.6. The molecular formula is C22H26FN3O4. The number of hydrogen-bond acceptors (Lipinski definition) is 4. The fourth-order valence-corrected chi connectivity index (χ4v) is 3.46. The molecule has 30 heavy (non-hydrogen) atoms. The van der Waals surface area contributed by atoms with Gasteiger partial charge >= 0.3 is 6.03 Å². The highest BCUT2D eigenvalue weighted by Gasteiger charge is 2.24. The van der Waals surface area contributed by atoms with Gasteiger partial charge < -0.3 is 15.4 Å². The van der Waals surface area contributed by atoms with E-state index in [9.17, 15) is 19.2 Å². The van der Waals surface area contributed by atoms with E-state index in [0.29, 0.717) is 29.5 Å². The van der Waals surface area contributed by atoms with E-state index in [0.717, 1.165) is 36.8 Å². The second kappa shape index (κ2) is 10.1. The maximum absolute atomic E-state index is 12.9. The van der Waals surface area contributed by atoms with Crippen molar-refractivity contribution in [1.82, 2.24) is 9.96 Å². The van der Waals surface area contributed by atoms with E-state index >= 15 is 0 Å². The van der Waals surface area contributed by atoms with Crippen molar-refractivity contribution in [2.45, 2.75) is 25.7 Å². The normalized spacial score (nSPS) is 13.1. The second-order valence-electron chi connectivity index (χ2n) is 7.25. The van der Waals surface area contributed by atoms with Gasteiger partial charge in [0.15, 0.2) is 0 Å². The third-order valence-corrected chi connectivity index (χ3v) is 5.13. The number of rotatable bonds is 9. The Morgan fingerprint density at radius 2 is 1.97 bits per heavy atom. The number of fused-ring (bicyclic) bond motifs is 1. The highest BCUT2D eigenvalue weighted by molar-refractivity contribution is 5.96. The molecule has 0 unspecified atom stereocenters. The van der Waals surface area contributed by atoms with E-state index in [2.05, 4.69) is 0 Å². The number of unbranched alkanes of at least 4 members (excludes halogenated alkanes) is 1. The van der Waals surface area contributed by atoms with E-state index in [-0.39, 0.29) is 24.9 Å². The Morgan fingerprint density at radius 3 is 2.70 bits per heavy atom. The second-order valence-corrected chi connectivity index (χ2v) is 7.25. The average molecular weight is 415 g/mol. The van der Waals surface area contributed by atoms with Crippen LogP contribution in [0.1, 0.15) is 34.3 Å². The van der Waals surface area contributed by atoms with Crippen molar-refractivity contribution < 1.29 is 23.9 Å². The van der Waals surface area contributed by atoms with Gasteiger partial charge in [0, 0.05) is 18.7 Å². The Balaban J connectivity index is 1.46. The minimum Gasteiger partial charge on any atom is -0.492 e. The van der Waals surface area contributed by atoms with Crippen molar-refractivity contribution >= 4 is 11.9 Å². The van der Waals surface area contributed by atoms with Crippen molar-refractivity contribution in [3.63, 3.8) is 0 Å². The van der Waals surface area contributed by atoms with Crippen LogP contribution in [0.5, 0.6) is 5.75 Å². The minimum absolute atomic E-state index is 0.0137. The van der Waals surface area contributed by atoms with Gasteiger partial charge in [-0.05, 0) is 67.1 Å². The first-order valence-corrected chi connectivity index (χ1v) is 9.99. The molecule has 0 bridgehead atoms. The molecule has 7 nitrogen and oxygen atoms in total. The first-order valence-electron chi connectivity index (χ1n) is 9.99. The fraction of sp³-hybridized carbons (Fsp3) is 0.364. The lowest BCUT2D eigenvalue weighted by molar-refractivity contribution is -0.0464. The van der Waals surface area contributed by atoms with E-state index < -0.39 is 6.03 Å². The maximum Gasteiger partial charge on any atom is 0.338 e. The van der Waals surface area contributed by atoms with Crippen molar-refractivity contribution in [1.29, 1.82) is 0 Å². The Hall–Kier alpha value is -3.13. The van der Waals surface area contributed by atoms with E-state index in [1.165, 1.54) is 12.1 Å². The lowest BCUT2D eigenvalue weighted by Gasteiger charge is -2.29. The quantitative estimate of drug-likeness (QED) is 0.374. The number of ether oxygens (including phenoxy) is 1. The van der Waals surface area contributed by atoms with Crippen LogP contribution in [0, 0.1) is 5.82 Å². The van der Waals surface area contributed by atoms with Crippen molar-refractivity contribution in [2.75, 3.05) is 26.2 Å². The predicted molar refractivity (Wildman–Crippen MR) is 109 cm³/mol. The predicted octanol–water partition coefficient (Wildman–Crippen LogP) is 3.00. The topological polar surface area (TPSA) is 96.1 Å². The highest BCUT2D eigenvalue weighted by Crippen LogP contribution is 2.24. The van der Waals surface area contributed by atoms with Gasteiger partial charge in [-0.15, -0.1) is 0 Å². The van der Waals surface area contributed by atoms with Gasteiger partial charge in [-0.25, -0.2) is 14.2 Å². The van der Waals surface area contributed by atoms with Crippen LogP contribution in [0.3, 0.4) is 0 Å². The molecular weight excluding hydrogens is 389 g/mol. The summed E-state index contributed by atoms with van der Waals surface area (Å²) in [6.45, 7) is 1.39. The third-order valence-electron chi connectivity index (χ3n) is 5.13. The molecule has 0 fully saturated rings. The zero-order chi connectivity index (χ0) is 21.5. The van der Waals surface area contributed by atoms with Crippen LogP contribution in [-0.4, -0.2) is 53.3 Å². The number of nitrogens with two attached hydrogens (primary N) is 1. The van der Waals surface area contributed by atoms with Crippen molar-refractivity contribution in [3.05, 3.63) is 65.0 Å². The number of nitrogens with zero attached hydrogens (tertiary/aromatic N) is 2. The number of benzene rings is 2. The number of amides is 3. The summed E-state index contributed by atoms with van der Waals surface area (Å²) in [6.07, 6.45) is 3.42. The van der Waals surface area contributed by atoms with E-state index in [4.69, 9.17) is 10.5 Å². The van der Waals surface area contributed by atoms with Crippen LogP contribution in [0.2, 0.25) is 0 Å². The molecule has 3 rings (SSSR count). The molecule has 1 aliphatic rings. The largest absolute Gasteiger partial charge is 0.492 e. The summed E-state index contributed by atoms with van der Waals surface area (Å²) >= 11 is 0. The zero-order valence-electron chi connectivity index (χ0n) is 16.7. The Morgan fingerprint density at radius 1 is 1.20 bits per heavy atom. The van der Waals surface area contributed by atoms with E-state index in [1.807, 2.05) is 11.0 Å². The first-order chi connectivity index (χ1) is 14.4. The summed E-state index contributed by atoms with van der Waals surface area (Å²) in [5, 5.41) is 9.62. The number of carbonyl (C=O) groups is 2. The van der Waals surface area contributed by atoms with Crippen LogP contribution >= 0.6 is 0 Å². The SMILES string of the molecule is NC(=O)N(O)CCOc1ccc2c(c1)CCN(CCCCc1ccc(F)cc1)C2=O. The van der Waals surface area contributed by atoms with Gasteiger partial charge in [0.1, 0.15) is 18.2 Å². The lowest BCUT2D eigenvalue weighted by atomic mass is 9.98. The van der Waals surface area contributed by atoms with Crippen LogP contribution < -0.4 is 10.5 Å². The molecule has 0 atom stereocenters. The molecule has 0 spiro atoms. The Bertz CT molecular complexity index is 888. The monoisotopic (exact) mass is 415 g/mol. The van der Waals surface area contributed by atoms with E-state index in [1.54, 1.807) is 24.3 Å². The lowest BCUT2D eigenvalue weighted by Crippen LogP contribution is -2.38. The van der Waals surface area contributed by atoms with Gasteiger partial charge in [-0.1, -0.05) is 12.1 Å². The fourth-order valence-electron chi connectivity index (χ4n) is 3.46. The van der Waals surface area contributed by atoms with Gasteiger partial charge in [-0.3, -0.25) is 10.0 Å². The van der Waals surface area contributed by atoms with Gasteiger partial charge in [0.05, 0.1) is 6.54 Å². The maximum atomic E-state index is 12.9. The summed E-state index contributed by atoms with van der Waals surface area (Å²) in [5.41, 5.74) is 7.64. The number of carbonyl (C=O) groups excluding carboxylic acids is 2. The van der Waals surface area contributed by atoms with Crippen LogP contribution in [0.4, 0.5) is 9.18 Å². The van der Waals surface area contributed by atoms with Crippen molar-refractivity contribution in [3.8, 4) is 5.75 Å². The summed E-state index contributed by atoms with van der Waals surface area (Å²) < 4.78 is 18.5. The molecule has 1 aliphatic heterocycles. The Kier molecular flexibility index (Phi) is 7.24. The minimum atomic E-state index is -0.938. The smallest absolute Gasteiger partial charge is 0.338 e. The molecule has 0 aliphatic carbocycles. The summed E-state index contributed by atoms with van der Waals surface area (Å²) in [4.78, 5) is 25.4. The molecule has 0 saturated carbocycles. The molecule has 1 heterocycles. The highest BCUT2D eigenvalue weighted by atomic mass is 19.1. The van der Waals surface area contributed by atoms with Gasteiger partial charge in [-0.2, -0.15) is 0 Å². The number of primary amides is 1. The summed E-state index contributed by atoms with van der Waals surface area (Å²) in [5.74, 6) is 0.359. The Labute approximate surface area is 174 Å². The standard InChI is InChI=1S/C22H26FN3O4/c23-18-6-4-16(5-7-18)3-1-2-11-25-12-10-17-15-19(8-9-20(17)21(25)27)30-14-13-26(29)22(24)28/h4-9,15,29H,1-3,10-14H2,(H2,24,28). The molecule has 0 aromatic heterocycles. The number of urea groups is 1. The molecule has 160 valence electrons. The average Bonchev–Trinajstić information content (AvgIpc) is 2.73. The third kappa shape index (κ3) is 5.70. The molecule has 3 N–H and O–H groups in total. The van der Waals surface area contributed by atoms with Crippen molar-refractivity contribution in [2.24, 2.45) is 5.73 Å². The van der Waals surface area contributed by atoms with Gasteiger partial charge in [0.25, 0.3) is 5.91 Å². The number of halogens is 1. The molecule has 3 amide bonds. The van der Waals surface area contributed by atoms with Crippen LogP contribution in [0.25, 0.3) is 0 Å². The summed E-state index contributed by atoms with van der Waals surface area (Å²) in [6, 6.07) is 10.9. The molecule has 0 radical (unpaired) electrons.